The van der Waals surface area contributed by atoms with Gasteiger partial charge in [0.1, 0.15) is 11.6 Å². The normalized spacial score (nSPS) is 15.8. The lowest BCUT2D eigenvalue weighted by Crippen LogP contribution is -2.09. The fraction of sp³-hybridized carbons (Fsp3) is 0.692. The molecule has 0 aromatic carbocycles. The van der Waals surface area contributed by atoms with Crippen LogP contribution in [-0.4, -0.2) is 17.0 Å². The van der Waals surface area contributed by atoms with Crippen molar-refractivity contribution < 1.29 is 0 Å². The lowest BCUT2D eigenvalue weighted by atomic mass is 10.1. The molecule has 0 saturated carbocycles. The van der Waals surface area contributed by atoms with Crippen LogP contribution in [0.15, 0.2) is 0 Å². The van der Waals surface area contributed by atoms with Gasteiger partial charge in [0.05, 0.1) is 0 Å². The van der Waals surface area contributed by atoms with Crippen LogP contribution in [0.2, 0.25) is 0 Å². The van der Waals surface area contributed by atoms with Crippen molar-refractivity contribution in [1.29, 1.82) is 0 Å². The standard InChI is InChI=1S/C13H21N3/c1-9(2)12-15-11-8-6-4-5-7-10(11)13(14-3)16-12/h9H,4-8H2,1-3H3,(H,14,15,16). The predicted octanol–water partition coefficient (Wildman–Crippen LogP) is 2.91. The van der Waals surface area contributed by atoms with Gasteiger partial charge in [0.2, 0.25) is 0 Å². The number of rotatable bonds is 2. The summed E-state index contributed by atoms with van der Waals surface area (Å²) in [7, 11) is 1.96. The summed E-state index contributed by atoms with van der Waals surface area (Å²) >= 11 is 0. The van der Waals surface area contributed by atoms with Gasteiger partial charge in [0.25, 0.3) is 0 Å². The van der Waals surface area contributed by atoms with Crippen molar-refractivity contribution in [3.05, 3.63) is 17.1 Å². The molecule has 0 bridgehead atoms. The van der Waals surface area contributed by atoms with Crippen LogP contribution in [-0.2, 0) is 12.8 Å². The molecule has 3 heteroatoms. The zero-order chi connectivity index (χ0) is 11.5. The maximum Gasteiger partial charge on any atom is 0.133 e. The van der Waals surface area contributed by atoms with Crippen LogP contribution in [0.3, 0.4) is 0 Å². The molecule has 1 aromatic rings. The smallest absolute Gasteiger partial charge is 0.133 e. The Morgan fingerprint density at radius 1 is 1.06 bits per heavy atom. The molecule has 1 aliphatic rings. The first-order valence-corrected chi connectivity index (χ1v) is 6.29. The van der Waals surface area contributed by atoms with Gasteiger partial charge in [0.15, 0.2) is 0 Å². The fourth-order valence-corrected chi connectivity index (χ4v) is 2.25. The molecule has 0 aliphatic heterocycles. The van der Waals surface area contributed by atoms with E-state index in [0.29, 0.717) is 5.92 Å². The van der Waals surface area contributed by atoms with Crippen molar-refractivity contribution in [1.82, 2.24) is 9.97 Å². The summed E-state index contributed by atoms with van der Waals surface area (Å²) in [6.07, 6.45) is 6.10. The second kappa shape index (κ2) is 4.81. The first kappa shape index (κ1) is 11.4. The van der Waals surface area contributed by atoms with E-state index in [0.717, 1.165) is 24.5 Å². The van der Waals surface area contributed by atoms with E-state index in [-0.39, 0.29) is 0 Å². The second-order valence-electron chi connectivity index (χ2n) is 4.82. The van der Waals surface area contributed by atoms with Gasteiger partial charge in [0, 0.05) is 24.2 Å². The van der Waals surface area contributed by atoms with Crippen molar-refractivity contribution in [3.8, 4) is 0 Å². The summed E-state index contributed by atoms with van der Waals surface area (Å²) < 4.78 is 0. The van der Waals surface area contributed by atoms with Crippen molar-refractivity contribution in [2.24, 2.45) is 0 Å². The topological polar surface area (TPSA) is 37.8 Å². The number of aromatic nitrogens is 2. The summed E-state index contributed by atoms with van der Waals surface area (Å²) in [5, 5.41) is 3.23. The molecule has 1 aliphatic carbocycles. The molecule has 1 heterocycles. The van der Waals surface area contributed by atoms with Gasteiger partial charge in [-0.1, -0.05) is 20.3 Å². The average Bonchev–Trinajstić information content (AvgIpc) is 2.52. The van der Waals surface area contributed by atoms with E-state index >= 15 is 0 Å². The molecule has 88 valence electrons. The molecule has 0 spiro atoms. The Morgan fingerprint density at radius 2 is 1.81 bits per heavy atom. The van der Waals surface area contributed by atoms with E-state index in [1.807, 2.05) is 7.05 Å². The van der Waals surface area contributed by atoms with Crippen LogP contribution in [0, 0.1) is 0 Å². The summed E-state index contributed by atoms with van der Waals surface area (Å²) in [5.74, 6) is 2.43. The van der Waals surface area contributed by atoms with Gasteiger partial charge < -0.3 is 5.32 Å². The van der Waals surface area contributed by atoms with Gasteiger partial charge in [-0.3, -0.25) is 0 Å². The Bertz CT molecular complexity index is 372. The van der Waals surface area contributed by atoms with Gasteiger partial charge in [-0.05, 0) is 25.7 Å². The van der Waals surface area contributed by atoms with Crippen molar-refractivity contribution in [2.75, 3.05) is 12.4 Å². The Hall–Kier alpha value is -1.12. The predicted molar refractivity (Wildman–Crippen MR) is 66.9 cm³/mol. The average molecular weight is 219 g/mol. The van der Waals surface area contributed by atoms with Crippen LogP contribution in [0.1, 0.15) is 56.1 Å². The molecule has 1 N–H and O–H groups in total. The highest BCUT2D eigenvalue weighted by Gasteiger charge is 2.16. The Kier molecular flexibility index (Phi) is 3.42. The number of aryl methyl sites for hydroxylation is 1. The van der Waals surface area contributed by atoms with E-state index in [1.54, 1.807) is 0 Å². The van der Waals surface area contributed by atoms with Crippen LogP contribution < -0.4 is 5.32 Å². The highest BCUT2D eigenvalue weighted by Crippen LogP contribution is 2.26. The van der Waals surface area contributed by atoms with E-state index in [2.05, 4.69) is 24.1 Å². The first-order valence-electron chi connectivity index (χ1n) is 6.29. The number of anilines is 1. The number of nitrogens with one attached hydrogen (secondary N) is 1. The third kappa shape index (κ3) is 2.18. The zero-order valence-corrected chi connectivity index (χ0v) is 10.5. The molecule has 0 saturated heterocycles. The second-order valence-corrected chi connectivity index (χ2v) is 4.82. The van der Waals surface area contributed by atoms with E-state index < -0.39 is 0 Å². The highest BCUT2D eigenvalue weighted by atomic mass is 15.0. The minimum atomic E-state index is 0.403. The number of hydrogen-bond acceptors (Lipinski definition) is 3. The fourth-order valence-electron chi connectivity index (χ4n) is 2.25. The largest absolute Gasteiger partial charge is 0.373 e. The summed E-state index contributed by atoms with van der Waals surface area (Å²) in [6, 6.07) is 0. The summed E-state index contributed by atoms with van der Waals surface area (Å²) in [6.45, 7) is 4.30. The van der Waals surface area contributed by atoms with Gasteiger partial charge in [-0.25, -0.2) is 9.97 Å². The molecule has 0 radical (unpaired) electrons. The molecular weight excluding hydrogens is 198 g/mol. The van der Waals surface area contributed by atoms with Crippen LogP contribution in [0.4, 0.5) is 5.82 Å². The maximum atomic E-state index is 4.73. The Labute approximate surface area is 97.7 Å². The van der Waals surface area contributed by atoms with E-state index in [9.17, 15) is 0 Å². The molecule has 2 rings (SSSR count). The van der Waals surface area contributed by atoms with E-state index in [1.165, 1.54) is 30.5 Å². The van der Waals surface area contributed by atoms with Gasteiger partial charge in [-0.15, -0.1) is 0 Å². The SMILES string of the molecule is CNc1nc(C(C)C)nc2c1CCCCC2. The third-order valence-electron chi connectivity index (χ3n) is 3.20. The lowest BCUT2D eigenvalue weighted by Gasteiger charge is -2.14. The van der Waals surface area contributed by atoms with Gasteiger partial charge >= 0.3 is 0 Å². The molecule has 1 aromatic heterocycles. The molecule has 0 unspecified atom stereocenters. The monoisotopic (exact) mass is 219 g/mol. The third-order valence-corrected chi connectivity index (χ3v) is 3.20. The lowest BCUT2D eigenvalue weighted by molar-refractivity contribution is 0.705. The summed E-state index contributed by atoms with van der Waals surface area (Å²) in [4.78, 5) is 9.35. The molecule has 16 heavy (non-hydrogen) atoms. The Morgan fingerprint density at radius 3 is 2.50 bits per heavy atom. The van der Waals surface area contributed by atoms with Crippen molar-refractivity contribution in [2.45, 2.75) is 51.9 Å². The number of hydrogen-bond donors (Lipinski definition) is 1. The van der Waals surface area contributed by atoms with Crippen molar-refractivity contribution in [3.63, 3.8) is 0 Å². The van der Waals surface area contributed by atoms with Crippen LogP contribution in [0.5, 0.6) is 0 Å². The molecule has 0 atom stereocenters. The van der Waals surface area contributed by atoms with E-state index in [4.69, 9.17) is 4.98 Å². The number of fused-ring (bicyclic) bond motifs is 1. The van der Waals surface area contributed by atoms with Crippen LogP contribution >= 0.6 is 0 Å². The minimum Gasteiger partial charge on any atom is -0.373 e. The van der Waals surface area contributed by atoms with Crippen molar-refractivity contribution >= 4 is 5.82 Å². The maximum absolute atomic E-state index is 4.73. The quantitative estimate of drug-likeness (QED) is 0.777. The molecular formula is C13H21N3. The molecule has 3 nitrogen and oxygen atoms in total. The zero-order valence-electron chi connectivity index (χ0n) is 10.5. The molecule has 0 fully saturated rings. The van der Waals surface area contributed by atoms with Crippen LogP contribution in [0.25, 0.3) is 0 Å². The first-order chi connectivity index (χ1) is 7.72. The van der Waals surface area contributed by atoms with Gasteiger partial charge in [-0.2, -0.15) is 0 Å². The number of nitrogens with zero attached hydrogens (tertiary/aromatic N) is 2. The Balaban J connectivity index is 2.46. The highest BCUT2D eigenvalue weighted by molar-refractivity contribution is 5.47. The molecule has 0 amide bonds. The summed E-state index contributed by atoms with van der Waals surface area (Å²) in [5.41, 5.74) is 2.63. The minimum absolute atomic E-state index is 0.403.